The van der Waals surface area contributed by atoms with Gasteiger partial charge in [0.25, 0.3) is 0 Å². The van der Waals surface area contributed by atoms with E-state index in [1.54, 1.807) is 18.9 Å². The van der Waals surface area contributed by atoms with Gasteiger partial charge in [-0.25, -0.2) is 0 Å². The number of nitrogens with zero attached hydrogens (tertiary/aromatic N) is 1. The topological polar surface area (TPSA) is 24.5 Å². The van der Waals surface area contributed by atoms with E-state index >= 15 is 0 Å². The molecule has 1 saturated heterocycles. The molecule has 0 amide bonds. The average molecular weight is 280 g/mol. The summed E-state index contributed by atoms with van der Waals surface area (Å²) in [6.45, 7) is 7.70. The molecule has 1 fully saturated rings. The molecule has 1 aliphatic heterocycles. The fourth-order valence-electron chi connectivity index (χ4n) is 2.53. The second-order valence-electron chi connectivity index (χ2n) is 5.28. The summed E-state index contributed by atoms with van der Waals surface area (Å²) in [5, 5.41) is 3.52. The van der Waals surface area contributed by atoms with Crippen molar-refractivity contribution in [3.8, 4) is 5.75 Å². The number of ether oxygens (including phenoxy) is 1. The van der Waals surface area contributed by atoms with Crippen molar-refractivity contribution in [2.24, 2.45) is 0 Å². The summed E-state index contributed by atoms with van der Waals surface area (Å²) < 4.78 is 5.46. The van der Waals surface area contributed by atoms with Gasteiger partial charge in [-0.15, -0.1) is 11.8 Å². The van der Waals surface area contributed by atoms with Crippen LogP contribution in [0.1, 0.15) is 19.4 Å². The van der Waals surface area contributed by atoms with Crippen molar-refractivity contribution in [1.29, 1.82) is 0 Å². The normalized spacial score (nSPS) is 24.4. The number of benzene rings is 1. The van der Waals surface area contributed by atoms with Gasteiger partial charge in [0, 0.05) is 36.6 Å². The summed E-state index contributed by atoms with van der Waals surface area (Å²) in [4.78, 5) is 3.74. The third-order valence-corrected chi connectivity index (χ3v) is 4.50. The minimum absolute atomic E-state index is 0.573. The van der Waals surface area contributed by atoms with E-state index < -0.39 is 0 Å². The molecule has 0 aliphatic carbocycles. The van der Waals surface area contributed by atoms with Crippen molar-refractivity contribution >= 4 is 11.8 Å². The first kappa shape index (κ1) is 14.7. The van der Waals surface area contributed by atoms with Crippen molar-refractivity contribution in [3.63, 3.8) is 0 Å². The minimum atomic E-state index is 0.573. The Labute approximate surface area is 120 Å². The van der Waals surface area contributed by atoms with Gasteiger partial charge in [-0.05, 0) is 37.8 Å². The first-order valence-corrected chi connectivity index (χ1v) is 8.05. The van der Waals surface area contributed by atoms with Crippen LogP contribution < -0.4 is 10.1 Å². The van der Waals surface area contributed by atoms with E-state index in [1.165, 1.54) is 10.5 Å². The fraction of sp³-hybridized carbons (Fsp3) is 0.600. The Kier molecular flexibility index (Phi) is 5.13. The maximum absolute atomic E-state index is 5.46. The van der Waals surface area contributed by atoms with Crippen molar-refractivity contribution in [2.45, 2.75) is 37.4 Å². The quantitative estimate of drug-likeness (QED) is 0.857. The summed E-state index contributed by atoms with van der Waals surface area (Å²) in [6.07, 6.45) is 2.08. The molecule has 1 aromatic carbocycles. The van der Waals surface area contributed by atoms with Crippen molar-refractivity contribution < 1.29 is 4.74 Å². The highest BCUT2D eigenvalue weighted by Crippen LogP contribution is 2.29. The molecule has 0 saturated carbocycles. The van der Waals surface area contributed by atoms with Gasteiger partial charge in [-0.1, -0.05) is 6.07 Å². The van der Waals surface area contributed by atoms with Crippen LogP contribution in [0.5, 0.6) is 5.75 Å². The molecule has 0 bridgehead atoms. The molecule has 1 aromatic rings. The lowest BCUT2D eigenvalue weighted by Gasteiger charge is -2.37. The molecule has 0 spiro atoms. The molecule has 1 aliphatic rings. The summed E-state index contributed by atoms with van der Waals surface area (Å²) in [5.74, 6) is 0.987. The molecule has 106 valence electrons. The van der Waals surface area contributed by atoms with E-state index in [0.29, 0.717) is 12.1 Å². The van der Waals surface area contributed by atoms with Gasteiger partial charge in [0.1, 0.15) is 5.75 Å². The standard InChI is InChI=1S/C15H24N2OS/c1-11-9-17(12(2)8-16-11)10-13-5-6-15(19-4)14(7-13)18-3/h5-7,11-12,16H,8-10H2,1-4H3. The molecule has 4 heteroatoms. The lowest BCUT2D eigenvalue weighted by molar-refractivity contribution is 0.138. The highest BCUT2D eigenvalue weighted by atomic mass is 32.2. The Morgan fingerprint density at radius 3 is 2.89 bits per heavy atom. The molecule has 1 N–H and O–H groups in total. The number of thioether (sulfide) groups is 1. The maximum atomic E-state index is 5.46. The Balaban J connectivity index is 2.09. The van der Waals surface area contributed by atoms with Crippen LogP contribution in [-0.2, 0) is 6.54 Å². The van der Waals surface area contributed by atoms with Gasteiger partial charge < -0.3 is 10.1 Å². The lowest BCUT2D eigenvalue weighted by atomic mass is 10.1. The molecule has 3 nitrogen and oxygen atoms in total. The number of hydrogen-bond acceptors (Lipinski definition) is 4. The molecule has 2 unspecified atom stereocenters. The highest BCUT2D eigenvalue weighted by molar-refractivity contribution is 7.98. The summed E-state index contributed by atoms with van der Waals surface area (Å²) in [6, 6.07) is 7.71. The van der Waals surface area contributed by atoms with Crippen molar-refractivity contribution in [3.05, 3.63) is 23.8 Å². The average Bonchev–Trinajstić information content (AvgIpc) is 2.42. The zero-order valence-corrected chi connectivity index (χ0v) is 13.1. The number of hydrogen-bond donors (Lipinski definition) is 1. The lowest BCUT2D eigenvalue weighted by Crippen LogP contribution is -2.53. The Morgan fingerprint density at radius 2 is 2.21 bits per heavy atom. The number of methoxy groups -OCH3 is 1. The van der Waals surface area contributed by atoms with Gasteiger partial charge in [-0.3, -0.25) is 4.90 Å². The van der Waals surface area contributed by atoms with Crippen LogP contribution in [0.15, 0.2) is 23.1 Å². The van der Waals surface area contributed by atoms with Crippen LogP contribution in [0.4, 0.5) is 0 Å². The monoisotopic (exact) mass is 280 g/mol. The van der Waals surface area contributed by atoms with Gasteiger partial charge in [0.2, 0.25) is 0 Å². The highest BCUT2D eigenvalue weighted by Gasteiger charge is 2.22. The molecular weight excluding hydrogens is 256 g/mol. The van der Waals surface area contributed by atoms with E-state index in [9.17, 15) is 0 Å². The number of piperazine rings is 1. The fourth-order valence-corrected chi connectivity index (χ4v) is 3.08. The molecule has 1 heterocycles. The number of rotatable bonds is 4. The third-order valence-electron chi connectivity index (χ3n) is 3.73. The Morgan fingerprint density at radius 1 is 1.42 bits per heavy atom. The largest absolute Gasteiger partial charge is 0.496 e. The van der Waals surface area contributed by atoms with Gasteiger partial charge in [0.15, 0.2) is 0 Å². The first-order chi connectivity index (χ1) is 9.13. The molecule has 19 heavy (non-hydrogen) atoms. The number of nitrogens with one attached hydrogen (secondary N) is 1. The van der Waals surface area contributed by atoms with E-state index in [-0.39, 0.29) is 0 Å². The molecule has 2 rings (SSSR count). The van der Waals surface area contributed by atoms with Crippen molar-refractivity contribution in [1.82, 2.24) is 10.2 Å². The van der Waals surface area contributed by atoms with E-state index in [1.807, 2.05) is 0 Å². The van der Waals surface area contributed by atoms with Gasteiger partial charge in [0.05, 0.1) is 7.11 Å². The second kappa shape index (κ2) is 6.64. The molecule has 0 aromatic heterocycles. The van der Waals surface area contributed by atoms with Crippen LogP contribution in [0.2, 0.25) is 0 Å². The van der Waals surface area contributed by atoms with Gasteiger partial charge >= 0.3 is 0 Å². The van der Waals surface area contributed by atoms with Crippen LogP contribution in [-0.4, -0.2) is 43.4 Å². The molecular formula is C15H24N2OS. The maximum Gasteiger partial charge on any atom is 0.132 e. The van der Waals surface area contributed by atoms with Crippen LogP contribution in [0.3, 0.4) is 0 Å². The minimum Gasteiger partial charge on any atom is -0.496 e. The van der Waals surface area contributed by atoms with E-state index in [4.69, 9.17) is 4.74 Å². The third kappa shape index (κ3) is 3.65. The predicted octanol–water partition coefficient (Wildman–Crippen LogP) is 2.60. The summed E-state index contributed by atoms with van der Waals surface area (Å²) in [5.41, 5.74) is 1.33. The predicted molar refractivity (Wildman–Crippen MR) is 82.1 cm³/mol. The van der Waals surface area contributed by atoms with Crippen LogP contribution in [0.25, 0.3) is 0 Å². The zero-order chi connectivity index (χ0) is 13.8. The summed E-state index contributed by atoms with van der Waals surface area (Å²) in [7, 11) is 1.74. The van der Waals surface area contributed by atoms with E-state index in [2.05, 4.69) is 48.5 Å². The molecule has 0 radical (unpaired) electrons. The molecule has 2 atom stereocenters. The van der Waals surface area contributed by atoms with E-state index in [0.717, 1.165) is 25.4 Å². The second-order valence-corrected chi connectivity index (χ2v) is 6.13. The Hall–Kier alpha value is -0.710. The van der Waals surface area contributed by atoms with Crippen LogP contribution >= 0.6 is 11.8 Å². The zero-order valence-electron chi connectivity index (χ0n) is 12.3. The van der Waals surface area contributed by atoms with Crippen molar-refractivity contribution in [2.75, 3.05) is 26.5 Å². The van der Waals surface area contributed by atoms with Crippen LogP contribution in [0, 0.1) is 0 Å². The Bertz CT molecular complexity index is 425. The SMILES string of the molecule is COc1cc(CN2CC(C)NCC2C)ccc1SC. The smallest absolute Gasteiger partial charge is 0.132 e. The van der Waals surface area contributed by atoms with Gasteiger partial charge in [-0.2, -0.15) is 0 Å². The summed E-state index contributed by atoms with van der Waals surface area (Å²) >= 11 is 1.73. The first-order valence-electron chi connectivity index (χ1n) is 6.82.